The minimum Gasteiger partial charge on any atom is -0.464 e. The number of carbonyl (C=O) groups is 1. The lowest BCUT2D eigenvalue weighted by Gasteiger charge is -2.13. The summed E-state index contributed by atoms with van der Waals surface area (Å²) in [6, 6.07) is 1.72. The molecule has 2 rings (SSSR count). The number of hydrogen-bond acceptors (Lipinski definition) is 5. The second kappa shape index (κ2) is 5.89. The van der Waals surface area contributed by atoms with Crippen molar-refractivity contribution < 1.29 is 9.21 Å². The summed E-state index contributed by atoms with van der Waals surface area (Å²) in [5, 5.41) is 4.13. The van der Waals surface area contributed by atoms with Crippen LogP contribution in [0.15, 0.2) is 22.9 Å². The molecule has 2 aromatic heterocycles. The van der Waals surface area contributed by atoms with Gasteiger partial charge in [-0.25, -0.2) is 5.84 Å². The van der Waals surface area contributed by atoms with Gasteiger partial charge in [0.25, 0.3) is 5.91 Å². The summed E-state index contributed by atoms with van der Waals surface area (Å²) < 4.78 is 7.34. The van der Waals surface area contributed by atoms with E-state index in [4.69, 9.17) is 10.3 Å². The molecule has 0 unspecified atom stereocenters. The van der Waals surface area contributed by atoms with Crippen LogP contribution < -0.4 is 11.3 Å². The third-order valence-corrected chi connectivity index (χ3v) is 2.98. The van der Waals surface area contributed by atoms with Crippen molar-refractivity contribution in [1.29, 1.82) is 0 Å². The van der Waals surface area contributed by atoms with Crippen LogP contribution >= 0.6 is 0 Å². The van der Waals surface area contributed by atoms with E-state index in [1.165, 1.54) is 0 Å². The molecule has 0 aliphatic heterocycles. The zero-order valence-electron chi connectivity index (χ0n) is 11.9. The highest BCUT2D eigenvalue weighted by Crippen LogP contribution is 2.16. The molecule has 108 valence electrons. The van der Waals surface area contributed by atoms with Gasteiger partial charge < -0.3 is 4.42 Å². The summed E-state index contributed by atoms with van der Waals surface area (Å²) in [6.45, 7) is 3.11. The van der Waals surface area contributed by atoms with E-state index in [-0.39, 0.29) is 5.91 Å². The molecular formula is C13H19N5O2. The van der Waals surface area contributed by atoms with Gasteiger partial charge in [0.15, 0.2) is 0 Å². The maximum absolute atomic E-state index is 11.5. The Hall–Kier alpha value is -2.12. The zero-order valence-corrected chi connectivity index (χ0v) is 11.9. The molecule has 0 saturated heterocycles. The maximum Gasteiger partial charge on any atom is 0.268 e. The van der Waals surface area contributed by atoms with Crippen LogP contribution in [0.5, 0.6) is 0 Å². The van der Waals surface area contributed by atoms with Gasteiger partial charge in [-0.15, -0.1) is 0 Å². The van der Waals surface area contributed by atoms with Crippen LogP contribution in [0.4, 0.5) is 0 Å². The Balaban J connectivity index is 2.01. The highest BCUT2D eigenvalue weighted by atomic mass is 16.3. The first-order valence-electron chi connectivity index (χ1n) is 6.26. The van der Waals surface area contributed by atoms with Crippen molar-refractivity contribution in [3.8, 4) is 0 Å². The van der Waals surface area contributed by atoms with Gasteiger partial charge in [0, 0.05) is 25.4 Å². The fraction of sp³-hybridized carbons (Fsp3) is 0.385. The molecule has 1 amide bonds. The molecule has 0 aromatic carbocycles. The zero-order chi connectivity index (χ0) is 14.7. The Kier molecular flexibility index (Phi) is 4.21. The van der Waals surface area contributed by atoms with Gasteiger partial charge >= 0.3 is 0 Å². The minimum absolute atomic E-state index is 0.340. The van der Waals surface area contributed by atoms with Crippen LogP contribution in [0.1, 0.15) is 27.4 Å². The van der Waals surface area contributed by atoms with Gasteiger partial charge in [0.1, 0.15) is 11.5 Å². The Morgan fingerprint density at radius 3 is 2.90 bits per heavy atom. The molecule has 7 heteroatoms. The van der Waals surface area contributed by atoms with Gasteiger partial charge in [-0.1, -0.05) is 0 Å². The van der Waals surface area contributed by atoms with E-state index < -0.39 is 0 Å². The molecule has 0 aliphatic carbocycles. The highest BCUT2D eigenvalue weighted by molar-refractivity contribution is 5.94. The molecule has 2 heterocycles. The molecule has 2 aromatic rings. The van der Waals surface area contributed by atoms with E-state index in [0.717, 1.165) is 17.9 Å². The smallest absolute Gasteiger partial charge is 0.268 e. The van der Waals surface area contributed by atoms with Crippen molar-refractivity contribution in [2.75, 3.05) is 7.05 Å². The van der Waals surface area contributed by atoms with E-state index in [0.29, 0.717) is 17.9 Å². The predicted molar refractivity (Wildman–Crippen MR) is 73.5 cm³/mol. The maximum atomic E-state index is 11.5. The number of rotatable bonds is 5. The molecule has 7 nitrogen and oxygen atoms in total. The Bertz CT molecular complexity index is 602. The number of aromatic nitrogens is 2. The predicted octanol–water partition coefficient (Wildman–Crippen LogP) is 0.557. The highest BCUT2D eigenvalue weighted by Gasteiger charge is 2.15. The number of nitrogens with two attached hydrogens (primary N) is 1. The number of nitrogen functional groups attached to an aromatic ring is 1. The summed E-state index contributed by atoms with van der Waals surface area (Å²) in [4.78, 5) is 13.6. The number of hydrazine groups is 1. The van der Waals surface area contributed by atoms with Gasteiger partial charge in [-0.2, -0.15) is 5.10 Å². The fourth-order valence-electron chi connectivity index (χ4n) is 2.11. The van der Waals surface area contributed by atoms with E-state index >= 15 is 0 Å². The molecule has 3 N–H and O–H groups in total. The molecule has 0 spiro atoms. The van der Waals surface area contributed by atoms with Crippen LogP contribution in [-0.4, -0.2) is 27.6 Å². The SMILES string of the molecule is Cc1oc(CN(C)Cc2cnn(C)c2)cc1C(=O)NN. The van der Waals surface area contributed by atoms with Crippen LogP contribution in [0, 0.1) is 6.92 Å². The van der Waals surface area contributed by atoms with Crippen molar-refractivity contribution in [2.45, 2.75) is 20.0 Å². The second-order valence-corrected chi connectivity index (χ2v) is 4.85. The third-order valence-electron chi connectivity index (χ3n) is 2.98. The van der Waals surface area contributed by atoms with Crippen molar-refractivity contribution in [1.82, 2.24) is 20.1 Å². The van der Waals surface area contributed by atoms with E-state index in [1.54, 1.807) is 17.7 Å². The Morgan fingerprint density at radius 2 is 2.30 bits per heavy atom. The fourth-order valence-corrected chi connectivity index (χ4v) is 2.11. The van der Waals surface area contributed by atoms with Gasteiger partial charge in [-0.3, -0.25) is 19.8 Å². The van der Waals surface area contributed by atoms with Crippen molar-refractivity contribution >= 4 is 5.91 Å². The molecule has 20 heavy (non-hydrogen) atoms. The van der Waals surface area contributed by atoms with E-state index in [1.807, 2.05) is 26.5 Å². The third kappa shape index (κ3) is 3.25. The van der Waals surface area contributed by atoms with Crippen molar-refractivity contribution in [3.63, 3.8) is 0 Å². The standard InChI is InChI=1S/C13H19N5O2/c1-9-12(13(19)16-14)4-11(20-9)8-17(2)6-10-5-15-18(3)7-10/h4-5,7H,6,8,14H2,1-3H3,(H,16,19). The lowest BCUT2D eigenvalue weighted by Crippen LogP contribution is -2.30. The van der Waals surface area contributed by atoms with Gasteiger partial charge in [0.05, 0.1) is 18.3 Å². The van der Waals surface area contributed by atoms with Crippen molar-refractivity contribution in [3.05, 3.63) is 41.1 Å². The number of carbonyl (C=O) groups excluding carboxylic acids is 1. The van der Waals surface area contributed by atoms with E-state index in [9.17, 15) is 4.79 Å². The lowest BCUT2D eigenvalue weighted by molar-refractivity contribution is 0.0952. The van der Waals surface area contributed by atoms with Gasteiger partial charge in [0.2, 0.25) is 0 Å². The number of nitrogens with zero attached hydrogens (tertiary/aromatic N) is 3. The summed E-state index contributed by atoms with van der Waals surface area (Å²) in [7, 11) is 3.87. The molecule has 0 bridgehead atoms. The minimum atomic E-state index is -0.340. The number of aryl methyl sites for hydroxylation is 2. The van der Waals surface area contributed by atoms with Crippen molar-refractivity contribution in [2.24, 2.45) is 12.9 Å². The first-order valence-corrected chi connectivity index (χ1v) is 6.26. The summed E-state index contributed by atoms with van der Waals surface area (Å²) in [5.41, 5.74) is 3.70. The normalized spacial score (nSPS) is 11.1. The quantitative estimate of drug-likeness (QED) is 0.473. The van der Waals surface area contributed by atoms with Crippen LogP contribution in [0.25, 0.3) is 0 Å². The first kappa shape index (κ1) is 14.3. The van der Waals surface area contributed by atoms with Crippen LogP contribution in [-0.2, 0) is 20.1 Å². The summed E-state index contributed by atoms with van der Waals surface area (Å²) in [6.07, 6.45) is 3.80. The van der Waals surface area contributed by atoms with E-state index in [2.05, 4.69) is 15.4 Å². The monoisotopic (exact) mass is 277 g/mol. The van der Waals surface area contributed by atoms with Crippen LogP contribution in [0.3, 0.4) is 0 Å². The average molecular weight is 277 g/mol. The van der Waals surface area contributed by atoms with Gasteiger partial charge in [-0.05, 0) is 20.0 Å². The number of amides is 1. The lowest BCUT2D eigenvalue weighted by atomic mass is 10.2. The molecule has 0 aliphatic rings. The number of furan rings is 1. The average Bonchev–Trinajstić information content (AvgIpc) is 2.94. The summed E-state index contributed by atoms with van der Waals surface area (Å²) in [5.74, 6) is 6.08. The Labute approximate surface area is 117 Å². The number of nitrogens with one attached hydrogen (secondary N) is 1. The molecule has 0 radical (unpaired) electrons. The summed E-state index contributed by atoms with van der Waals surface area (Å²) >= 11 is 0. The molecule has 0 saturated carbocycles. The largest absolute Gasteiger partial charge is 0.464 e. The second-order valence-electron chi connectivity index (χ2n) is 4.85. The number of hydrogen-bond donors (Lipinski definition) is 2. The first-order chi connectivity index (χ1) is 9.49. The topological polar surface area (TPSA) is 89.3 Å². The molecule has 0 fully saturated rings. The van der Waals surface area contributed by atoms with Crippen LogP contribution in [0.2, 0.25) is 0 Å². The molecule has 0 atom stereocenters. The Morgan fingerprint density at radius 1 is 1.55 bits per heavy atom. The molecular weight excluding hydrogens is 258 g/mol.